The lowest BCUT2D eigenvalue weighted by Gasteiger charge is -2.30. The Kier molecular flexibility index (Phi) is 7.36. The molecule has 110 valence electrons. The van der Waals surface area contributed by atoms with E-state index >= 15 is 0 Å². The van der Waals surface area contributed by atoms with Crippen LogP contribution in [0.4, 0.5) is 0 Å². The Morgan fingerprint density at radius 1 is 1.26 bits per heavy atom. The molecule has 19 heavy (non-hydrogen) atoms. The first kappa shape index (κ1) is 16.4. The highest BCUT2D eigenvalue weighted by Crippen LogP contribution is 2.25. The lowest BCUT2D eigenvalue weighted by molar-refractivity contribution is -0.136. The first-order valence-electron chi connectivity index (χ1n) is 7.57. The topological polar surface area (TPSA) is 46.3 Å². The fourth-order valence-corrected chi connectivity index (χ4v) is 2.69. The van der Waals surface area contributed by atoms with Gasteiger partial charge in [-0.15, -0.1) is 0 Å². The van der Waals surface area contributed by atoms with Crippen LogP contribution in [0.2, 0.25) is 0 Å². The van der Waals surface area contributed by atoms with Crippen molar-refractivity contribution >= 4 is 23.1 Å². The van der Waals surface area contributed by atoms with E-state index in [0.29, 0.717) is 29.8 Å². The van der Waals surface area contributed by atoms with Crippen molar-refractivity contribution < 1.29 is 4.79 Å². The zero-order valence-electron chi connectivity index (χ0n) is 12.4. The van der Waals surface area contributed by atoms with Crippen LogP contribution in [0.15, 0.2) is 0 Å². The van der Waals surface area contributed by atoms with Crippen molar-refractivity contribution in [3.8, 4) is 0 Å². The van der Waals surface area contributed by atoms with Crippen LogP contribution in [0, 0.1) is 11.8 Å². The third kappa shape index (κ3) is 6.37. The van der Waals surface area contributed by atoms with Gasteiger partial charge < -0.3 is 10.6 Å². The molecule has 4 heteroatoms. The van der Waals surface area contributed by atoms with Gasteiger partial charge in [0.25, 0.3) is 0 Å². The molecule has 2 N–H and O–H groups in total. The molecule has 0 atom stereocenters. The summed E-state index contributed by atoms with van der Waals surface area (Å²) in [6.07, 6.45) is 7.49. The summed E-state index contributed by atoms with van der Waals surface area (Å²) in [4.78, 5) is 15.1. The maximum Gasteiger partial charge on any atom is 0.225 e. The second kappa shape index (κ2) is 8.51. The molecule has 0 saturated heterocycles. The molecule has 0 radical (unpaired) electrons. The Bertz CT molecular complexity index is 299. The van der Waals surface area contributed by atoms with Gasteiger partial charge in [-0.2, -0.15) is 0 Å². The third-order valence-electron chi connectivity index (χ3n) is 3.87. The van der Waals surface area contributed by atoms with E-state index < -0.39 is 0 Å². The average molecular weight is 284 g/mol. The van der Waals surface area contributed by atoms with Gasteiger partial charge in [-0.25, -0.2) is 0 Å². The van der Waals surface area contributed by atoms with Gasteiger partial charge in [0, 0.05) is 25.4 Å². The molecule has 0 bridgehead atoms. The Balaban J connectivity index is 2.53. The van der Waals surface area contributed by atoms with Crippen LogP contribution >= 0.6 is 12.2 Å². The lowest BCUT2D eigenvalue weighted by Crippen LogP contribution is -2.39. The quantitative estimate of drug-likeness (QED) is 0.731. The smallest absolute Gasteiger partial charge is 0.225 e. The van der Waals surface area contributed by atoms with Crippen LogP contribution in [0.5, 0.6) is 0 Å². The number of hydrogen-bond donors (Lipinski definition) is 1. The summed E-state index contributed by atoms with van der Waals surface area (Å²) < 4.78 is 0. The number of rotatable bonds is 7. The van der Waals surface area contributed by atoms with Gasteiger partial charge in [0.2, 0.25) is 5.91 Å². The maximum absolute atomic E-state index is 12.6. The number of nitrogens with two attached hydrogens (primary N) is 1. The molecule has 1 saturated carbocycles. The van der Waals surface area contributed by atoms with Crippen molar-refractivity contribution in [3.05, 3.63) is 0 Å². The van der Waals surface area contributed by atoms with E-state index in [-0.39, 0.29) is 5.92 Å². The summed E-state index contributed by atoms with van der Waals surface area (Å²) in [6, 6.07) is 0. The van der Waals surface area contributed by atoms with E-state index in [1.807, 2.05) is 4.90 Å². The molecular weight excluding hydrogens is 256 g/mol. The second-order valence-corrected chi connectivity index (χ2v) is 6.58. The van der Waals surface area contributed by atoms with E-state index in [0.717, 1.165) is 25.8 Å². The number of thiocarbonyl (C=S) groups is 1. The predicted octanol–water partition coefficient (Wildman–Crippen LogP) is 3.12. The molecular formula is C15H28N2OS. The van der Waals surface area contributed by atoms with Crippen molar-refractivity contribution in [2.45, 2.75) is 58.8 Å². The predicted molar refractivity (Wildman–Crippen MR) is 84.0 cm³/mol. The van der Waals surface area contributed by atoms with Gasteiger partial charge in [0.1, 0.15) is 0 Å². The molecule has 0 aromatic rings. The SMILES string of the molecule is CC(C)CCN(CCC(N)=S)C(=O)C1CCCCC1. The van der Waals surface area contributed by atoms with Crippen LogP contribution in [0.25, 0.3) is 0 Å². The monoisotopic (exact) mass is 284 g/mol. The van der Waals surface area contributed by atoms with Gasteiger partial charge in [0.05, 0.1) is 4.99 Å². The highest BCUT2D eigenvalue weighted by Gasteiger charge is 2.25. The fraction of sp³-hybridized carbons (Fsp3) is 0.867. The minimum absolute atomic E-state index is 0.243. The molecule has 0 heterocycles. The Hall–Kier alpha value is -0.640. The number of hydrogen-bond acceptors (Lipinski definition) is 2. The van der Waals surface area contributed by atoms with E-state index in [9.17, 15) is 4.79 Å². The maximum atomic E-state index is 12.6. The molecule has 0 aromatic heterocycles. The van der Waals surface area contributed by atoms with Crippen molar-refractivity contribution in [2.24, 2.45) is 17.6 Å². The van der Waals surface area contributed by atoms with Gasteiger partial charge in [-0.3, -0.25) is 4.79 Å². The number of nitrogens with zero attached hydrogens (tertiary/aromatic N) is 1. The zero-order chi connectivity index (χ0) is 14.3. The Morgan fingerprint density at radius 2 is 1.89 bits per heavy atom. The van der Waals surface area contributed by atoms with Gasteiger partial charge in [-0.05, 0) is 25.2 Å². The summed E-state index contributed by atoms with van der Waals surface area (Å²) in [5, 5.41) is 0. The number of carbonyl (C=O) groups is 1. The number of amides is 1. The molecule has 0 aliphatic heterocycles. The summed E-state index contributed by atoms with van der Waals surface area (Å²) in [5.74, 6) is 1.19. The summed E-state index contributed by atoms with van der Waals surface area (Å²) >= 11 is 4.93. The van der Waals surface area contributed by atoms with E-state index in [1.165, 1.54) is 19.3 Å². The van der Waals surface area contributed by atoms with Crippen LogP contribution in [0.1, 0.15) is 58.8 Å². The first-order chi connectivity index (χ1) is 9.00. The largest absolute Gasteiger partial charge is 0.393 e. The standard InChI is InChI=1S/C15H28N2OS/c1-12(2)8-10-17(11-9-14(16)19)15(18)13-6-4-3-5-7-13/h12-13H,3-11H2,1-2H3,(H2,16,19). The molecule has 0 unspecified atom stereocenters. The average Bonchev–Trinajstić information content (AvgIpc) is 2.38. The minimum atomic E-state index is 0.243. The molecule has 1 fully saturated rings. The lowest BCUT2D eigenvalue weighted by atomic mass is 9.88. The second-order valence-electron chi connectivity index (χ2n) is 6.06. The van der Waals surface area contributed by atoms with Crippen LogP contribution < -0.4 is 5.73 Å². The van der Waals surface area contributed by atoms with Crippen molar-refractivity contribution in [1.29, 1.82) is 0 Å². The van der Waals surface area contributed by atoms with Gasteiger partial charge >= 0.3 is 0 Å². The van der Waals surface area contributed by atoms with Gasteiger partial charge in [-0.1, -0.05) is 45.3 Å². The van der Waals surface area contributed by atoms with Crippen molar-refractivity contribution in [2.75, 3.05) is 13.1 Å². The Labute approximate surface area is 122 Å². The van der Waals surface area contributed by atoms with E-state index in [2.05, 4.69) is 13.8 Å². The summed E-state index contributed by atoms with van der Waals surface area (Å²) in [6.45, 7) is 5.92. The van der Waals surface area contributed by atoms with Gasteiger partial charge in [0.15, 0.2) is 0 Å². The highest BCUT2D eigenvalue weighted by atomic mass is 32.1. The van der Waals surface area contributed by atoms with Crippen LogP contribution in [-0.2, 0) is 4.79 Å². The minimum Gasteiger partial charge on any atom is -0.393 e. The van der Waals surface area contributed by atoms with E-state index in [4.69, 9.17) is 18.0 Å². The first-order valence-corrected chi connectivity index (χ1v) is 7.98. The molecule has 1 amide bonds. The zero-order valence-corrected chi connectivity index (χ0v) is 13.2. The molecule has 1 aliphatic carbocycles. The molecule has 0 spiro atoms. The molecule has 3 nitrogen and oxygen atoms in total. The van der Waals surface area contributed by atoms with Crippen LogP contribution in [-0.4, -0.2) is 28.9 Å². The van der Waals surface area contributed by atoms with Crippen molar-refractivity contribution in [1.82, 2.24) is 4.90 Å². The molecule has 0 aromatic carbocycles. The fourth-order valence-electron chi connectivity index (χ4n) is 2.60. The number of carbonyl (C=O) groups excluding carboxylic acids is 1. The Morgan fingerprint density at radius 3 is 2.42 bits per heavy atom. The van der Waals surface area contributed by atoms with Crippen molar-refractivity contribution in [3.63, 3.8) is 0 Å². The molecule has 1 rings (SSSR count). The highest BCUT2D eigenvalue weighted by molar-refractivity contribution is 7.80. The third-order valence-corrected chi connectivity index (χ3v) is 4.07. The van der Waals surface area contributed by atoms with E-state index in [1.54, 1.807) is 0 Å². The summed E-state index contributed by atoms with van der Waals surface area (Å²) in [7, 11) is 0. The summed E-state index contributed by atoms with van der Waals surface area (Å²) in [5.41, 5.74) is 5.57. The molecule has 1 aliphatic rings. The van der Waals surface area contributed by atoms with Crippen LogP contribution in [0.3, 0.4) is 0 Å². The normalized spacial score (nSPS) is 16.6.